The third-order valence-electron chi connectivity index (χ3n) is 3.44. The van der Waals surface area contributed by atoms with Gasteiger partial charge in [0.2, 0.25) is 0 Å². The predicted molar refractivity (Wildman–Crippen MR) is 90.0 cm³/mol. The molecule has 0 aromatic rings. The molecule has 0 unspecified atom stereocenters. The highest BCUT2D eigenvalue weighted by Crippen LogP contribution is 2.08. The molecule has 4 nitrogen and oxygen atoms in total. The zero-order chi connectivity index (χ0) is 16.5. The number of nitro groups is 1. The maximum absolute atomic E-state index is 10.9. The van der Waals surface area contributed by atoms with Gasteiger partial charge in [0, 0.05) is 12.8 Å². The predicted octanol–water partition coefficient (Wildman–Crippen LogP) is 5.05. The van der Waals surface area contributed by atoms with Gasteiger partial charge in [-0.3, -0.25) is 10.1 Å². The van der Waals surface area contributed by atoms with Gasteiger partial charge in [-0.1, -0.05) is 44.9 Å². The van der Waals surface area contributed by atoms with Crippen LogP contribution in [0.1, 0.15) is 84.0 Å². The summed E-state index contributed by atoms with van der Waals surface area (Å²) in [4.78, 5) is 20.7. The average molecular weight is 307 g/mol. The fourth-order valence-electron chi connectivity index (χ4n) is 2.09. The van der Waals surface area contributed by atoms with Crippen LogP contribution in [0.5, 0.6) is 0 Å². The molecule has 0 saturated carbocycles. The van der Waals surface area contributed by atoms with Crippen LogP contribution >= 0.6 is 0 Å². The Bertz CT molecular complexity index is 391. The highest BCUT2D eigenvalue weighted by Gasteiger charge is 2.07. The average Bonchev–Trinajstić information content (AvgIpc) is 2.50. The Morgan fingerprint density at radius 3 is 2.36 bits per heavy atom. The van der Waals surface area contributed by atoms with Gasteiger partial charge in [0.25, 0.3) is 5.70 Å². The molecule has 0 heterocycles. The van der Waals surface area contributed by atoms with E-state index in [1.807, 2.05) is 0 Å². The van der Waals surface area contributed by atoms with Crippen molar-refractivity contribution in [3.8, 4) is 11.8 Å². The first kappa shape index (κ1) is 20.4. The Hall–Kier alpha value is -1.63. The second kappa shape index (κ2) is 15.8. The fourth-order valence-corrected chi connectivity index (χ4v) is 2.09. The maximum Gasteiger partial charge on any atom is 0.254 e. The molecule has 0 aromatic carbocycles. The van der Waals surface area contributed by atoms with Crippen molar-refractivity contribution in [3.05, 3.63) is 21.9 Å². The number of hydrogen-bond donors (Lipinski definition) is 0. The summed E-state index contributed by atoms with van der Waals surface area (Å²) in [5.74, 6) is 5.94. The summed E-state index contributed by atoms with van der Waals surface area (Å²) >= 11 is 0. The number of carbonyl (C=O) groups is 1. The van der Waals surface area contributed by atoms with Crippen LogP contribution in [0.25, 0.3) is 0 Å². The number of carbonyl (C=O) groups excluding carboxylic acids is 1. The first-order valence-corrected chi connectivity index (χ1v) is 8.45. The lowest BCUT2D eigenvalue weighted by Gasteiger charge is -1.96. The van der Waals surface area contributed by atoms with Crippen molar-refractivity contribution < 1.29 is 9.72 Å². The SMILES string of the molecule is CCCCCCCCC#CCC(=CCCCCC=O)[N+](=O)[O-]. The summed E-state index contributed by atoms with van der Waals surface area (Å²) in [6.45, 7) is 2.20. The summed E-state index contributed by atoms with van der Waals surface area (Å²) < 4.78 is 0. The minimum absolute atomic E-state index is 0.182. The van der Waals surface area contributed by atoms with Gasteiger partial charge in [0.15, 0.2) is 0 Å². The molecular weight excluding hydrogens is 278 g/mol. The normalized spacial score (nSPS) is 10.9. The van der Waals surface area contributed by atoms with Gasteiger partial charge in [0.1, 0.15) is 6.29 Å². The smallest absolute Gasteiger partial charge is 0.254 e. The quantitative estimate of drug-likeness (QED) is 0.157. The minimum Gasteiger partial charge on any atom is -0.303 e. The van der Waals surface area contributed by atoms with E-state index in [1.54, 1.807) is 6.08 Å². The largest absolute Gasteiger partial charge is 0.303 e. The van der Waals surface area contributed by atoms with Crippen molar-refractivity contribution in [2.45, 2.75) is 84.0 Å². The molecule has 0 N–H and O–H groups in total. The van der Waals surface area contributed by atoms with Gasteiger partial charge in [-0.25, -0.2) is 0 Å². The molecule has 0 radical (unpaired) electrons. The molecular formula is C18H29NO3. The first-order valence-electron chi connectivity index (χ1n) is 8.45. The maximum atomic E-state index is 10.9. The van der Waals surface area contributed by atoms with Crippen LogP contribution in [0.2, 0.25) is 0 Å². The third kappa shape index (κ3) is 13.4. The monoisotopic (exact) mass is 307 g/mol. The molecule has 0 bridgehead atoms. The third-order valence-corrected chi connectivity index (χ3v) is 3.44. The van der Waals surface area contributed by atoms with Crippen LogP contribution < -0.4 is 0 Å². The number of hydrogen-bond acceptors (Lipinski definition) is 3. The van der Waals surface area contributed by atoms with E-state index >= 15 is 0 Å². The molecule has 0 aliphatic carbocycles. The van der Waals surface area contributed by atoms with E-state index in [2.05, 4.69) is 18.8 Å². The van der Waals surface area contributed by atoms with Crippen molar-refractivity contribution in [2.24, 2.45) is 0 Å². The Balaban J connectivity index is 3.85. The van der Waals surface area contributed by atoms with E-state index in [1.165, 1.54) is 32.1 Å². The van der Waals surface area contributed by atoms with Crippen LogP contribution in [0.4, 0.5) is 0 Å². The highest BCUT2D eigenvalue weighted by molar-refractivity contribution is 5.48. The van der Waals surface area contributed by atoms with Crippen LogP contribution in [0.15, 0.2) is 11.8 Å². The number of nitrogens with zero attached hydrogens (tertiary/aromatic N) is 1. The van der Waals surface area contributed by atoms with Gasteiger partial charge in [-0.05, 0) is 31.8 Å². The molecule has 0 rings (SSSR count). The van der Waals surface area contributed by atoms with Gasteiger partial charge in [-0.15, -0.1) is 5.92 Å². The highest BCUT2D eigenvalue weighted by atomic mass is 16.6. The minimum atomic E-state index is -0.348. The van der Waals surface area contributed by atoms with Crippen molar-refractivity contribution in [1.29, 1.82) is 0 Å². The molecule has 22 heavy (non-hydrogen) atoms. The molecule has 0 aliphatic rings. The van der Waals surface area contributed by atoms with E-state index in [0.29, 0.717) is 12.8 Å². The first-order chi connectivity index (χ1) is 10.7. The second-order valence-corrected chi connectivity index (χ2v) is 5.45. The summed E-state index contributed by atoms with van der Waals surface area (Å²) in [6.07, 6.45) is 13.7. The zero-order valence-electron chi connectivity index (χ0n) is 13.8. The number of unbranched alkanes of at least 4 members (excludes halogenated alkanes) is 9. The van der Waals surface area contributed by atoms with E-state index < -0.39 is 0 Å². The summed E-state index contributed by atoms with van der Waals surface area (Å²) in [7, 11) is 0. The number of allylic oxidation sites excluding steroid dienone is 2. The van der Waals surface area contributed by atoms with Gasteiger partial charge >= 0.3 is 0 Å². The molecule has 0 atom stereocenters. The lowest BCUT2D eigenvalue weighted by Crippen LogP contribution is -1.97. The Labute approximate surface area is 134 Å². The van der Waals surface area contributed by atoms with E-state index in [4.69, 9.17) is 0 Å². The molecule has 4 heteroatoms. The van der Waals surface area contributed by atoms with E-state index in [9.17, 15) is 14.9 Å². The van der Waals surface area contributed by atoms with Gasteiger partial charge in [0.05, 0.1) is 11.3 Å². The molecule has 0 amide bonds. The van der Waals surface area contributed by atoms with E-state index in [-0.39, 0.29) is 17.0 Å². The molecule has 124 valence electrons. The van der Waals surface area contributed by atoms with Crippen LogP contribution in [-0.4, -0.2) is 11.2 Å². The summed E-state index contributed by atoms with van der Waals surface area (Å²) in [5, 5.41) is 10.9. The standard InChI is InChI=1S/C18H29NO3/c1-2-3-4-5-6-7-8-9-12-15-18(19(21)22)16-13-10-11-14-17-20/h16-17H,2-8,10-11,13-15H2,1H3. The number of aldehydes is 1. The van der Waals surface area contributed by atoms with Crippen LogP contribution in [0, 0.1) is 22.0 Å². The van der Waals surface area contributed by atoms with Gasteiger partial charge < -0.3 is 4.79 Å². The molecule has 0 aliphatic heterocycles. The molecule has 0 aromatic heterocycles. The van der Waals surface area contributed by atoms with Crippen molar-refractivity contribution in [3.63, 3.8) is 0 Å². The Kier molecular flexibility index (Phi) is 14.6. The Morgan fingerprint density at radius 1 is 1.00 bits per heavy atom. The van der Waals surface area contributed by atoms with Crippen LogP contribution in [0.3, 0.4) is 0 Å². The number of rotatable bonds is 13. The lowest BCUT2D eigenvalue weighted by atomic mass is 10.1. The fraction of sp³-hybridized carbons (Fsp3) is 0.722. The zero-order valence-corrected chi connectivity index (χ0v) is 13.8. The summed E-state index contributed by atoms with van der Waals surface area (Å²) in [5.41, 5.74) is 0.182. The van der Waals surface area contributed by atoms with E-state index in [0.717, 1.165) is 32.0 Å². The lowest BCUT2D eigenvalue weighted by molar-refractivity contribution is -0.426. The van der Waals surface area contributed by atoms with Crippen molar-refractivity contribution >= 4 is 6.29 Å². The topological polar surface area (TPSA) is 60.2 Å². The van der Waals surface area contributed by atoms with Crippen molar-refractivity contribution in [1.82, 2.24) is 0 Å². The molecule has 0 saturated heterocycles. The van der Waals surface area contributed by atoms with Gasteiger partial charge in [-0.2, -0.15) is 0 Å². The summed E-state index contributed by atoms with van der Waals surface area (Å²) in [6, 6.07) is 0. The van der Waals surface area contributed by atoms with Crippen LogP contribution in [-0.2, 0) is 4.79 Å². The molecule has 0 spiro atoms. The van der Waals surface area contributed by atoms with Crippen molar-refractivity contribution in [2.75, 3.05) is 0 Å². The molecule has 0 fully saturated rings. The second-order valence-electron chi connectivity index (χ2n) is 5.45. The Morgan fingerprint density at radius 2 is 1.68 bits per heavy atom.